The number of aldehydes is 1. The van der Waals surface area contributed by atoms with E-state index in [2.05, 4.69) is 0 Å². The summed E-state index contributed by atoms with van der Waals surface area (Å²) in [6, 6.07) is 16.9. The number of rotatable bonds is 3. The molecule has 1 amide bonds. The number of nitrogens with zero attached hydrogens (tertiary/aromatic N) is 1. The molecule has 112 valence electrons. The van der Waals surface area contributed by atoms with Crippen LogP contribution < -0.4 is 0 Å². The number of ether oxygens (including phenoxy) is 1. The molecule has 1 heterocycles. The predicted octanol–water partition coefficient (Wildman–Crippen LogP) is 2.95. The third-order valence-corrected chi connectivity index (χ3v) is 3.89. The van der Waals surface area contributed by atoms with Gasteiger partial charge in [-0.1, -0.05) is 54.6 Å². The Balaban J connectivity index is 1.70. The van der Waals surface area contributed by atoms with Gasteiger partial charge in [0.05, 0.1) is 12.6 Å². The Morgan fingerprint density at radius 1 is 1.09 bits per heavy atom. The van der Waals surface area contributed by atoms with Gasteiger partial charge in [0.1, 0.15) is 12.9 Å². The Kier molecular flexibility index (Phi) is 4.19. The van der Waals surface area contributed by atoms with Crippen LogP contribution in [-0.2, 0) is 29.1 Å². The molecule has 2 aromatic carbocycles. The summed E-state index contributed by atoms with van der Waals surface area (Å²) < 4.78 is 5.34. The van der Waals surface area contributed by atoms with E-state index < -0.39 is 12.1 Å². The number of carbonyl (C=O) groups is 2. The first-order chi connectivity index (χ1) is 10.8. The molecule has 0 N–H and O–H groups in total. The van der Waals surface area contributed by atoms with Crippen molar-refractivity contribution in [3.8, 4) is 0 Å². The van der Waals surface area contributed by atoms with Crippen LogP contribution in [0.2, 0.25) is 0 Å². The zero-order valence-corrected chi connectivity index (χ0v) is 12.1. The van der Waals surface area contributed by atoms with Crippen LogP contribution in [0.15, 0.2) is 54.6 Å². The Labute approximate surface area is 129 Å². The van der Waals surface area contributed by atoms with Gasteiger partial charge in [-0.05, 0) is 16.7 Å². The second-order valence-electron chi connectivity index (χ2n) is 5.34. The number of carbonyl (C=O) groups excluding carboxylic acids is 2. The van der Waals surface area contributed by atoms with E-state index in [4.69, 9.17) is 4.74 Å². The van der Waals surface area contributed by atoms with Gasteiger partial charge in [-0.25, -0.2) is 4.79 Å². The number of benzene rings is 2. The molecule has 0 radical (unpaired) electrons. The van der Waals surface area contributed by atoms with Crippen LogP contribution in [0.3, 0.4) is 0 Å². The van der Waals surface area contributed by atoms with E-state index in [1.165, 1.54) is 4.90 Å². The van der Waals surface area contributed by atoms with Crippen LogP contribution in [-0.4, -0.2) is 23.3 Å². The summed E-state index contributed by atoms with van der Waals surface area (Å²) in [6.07, 6.45) is 0.912. The van der Waals surface area contributed by atoms with Gasteiger partial charge in [-0.3, -0.25) is 4.90 Å². The Morgan fingerprint density at radius 3 is 2.50 bits per heavy atom. The van der Waals surface area contributed by atoms with Crippen molar-refractivity contribution < 1.29 is 14.3 Å². The lowest BCUT2D eigenvalue weighted by Gasteiger charge is -2.33. The molecule has 2 aromatic rings. The summed E-state index contributed by atoms with van der Waals surface area (Å²) in [7, 11) is 0. The first-order valence-corrected chi connectivity index (χ1v) is 7.27. The van der Waals surface area contributed by atoms with Gasteiger partial charge in [0, 0.05) is 6.42 Å². The number of amides is 1. The smallest absolute Gasteiger partial charge is 0.411 e. The molecule has 0 saturated heterocycles. The van der Waals surface area contributed by atoms with Crippen LogP contribution in [0.1, 0.15) is 16.7 Å². The van der Waals surface area contributed by atoms with Crippen LogP contribution in [0, 0.1) is 0 Å². The first-order valence-electron chi connectivity index (χ1n) is 7.27. The van der Waals surface area contributed by atoms with Crippen LogP contribution in [0.25, 0.3) is 0 Å². The Morgan fingerprint density at radius 2 is 1.77 bits per heavy atom. The molecule has 0 aromatic heterocycles. The van der Waals surface area contributed by atoms with Crippen molar-refractivity contribution in [2.45, 2.75) is 25.6 Å². The van der Waals surface area contributed by atoms with Gasteiger partial charge in [0.2, 0.25) is 0 Å². The Bertz CT molecular complexity index is 669. The molecule has 3 rings (SSSR count). The summed E-state index contributed by atoms with van der Waals surface area (Å²) >= 11 is 0. The highest BCUT2D eigenvalue weighted by molar-refractivity contribution is 5.74. The number of hydrogen-bond acceptors (Lipinski definition) is 3. The zero-order chi connectivity index (χ0) is 15.4. The standard InChI is InChI=1S/C18H17NO3/c20-12-17-10-15-8-4-5-9-16(15)11-19(17)18(21)22-13-14-6-2-1-3-7-14/h1-9,12,17H,10-11,13H2. The van der Waals surface area contributed by atoms with Crippen LogP contribution in [0.5, 0.6) is 0 Å². The summed E-state index contributed by atoms with van der Waals surface area (Å²) in [5, 5.41) is 0. The second kappa shape index (κ2) is 6.43. The lowest BCUT2D eigenvalue weighted by Crippen LogP contribution is -2.45. The van der Waals surface area contributed by atoms with E-state index in [0.717, 1.165) is 23.0 Å². The van der Waals surface area contributed by atoms with Gasteiger partial charge < -0.3 is 9.53 Å². The van der Waals surface area contributed by atoms with Crippen molar-refractivity contribution in [1.29, 1.82) is 0 Å². The molecule has 0 aliphatic carbocycles. The fourth-order valence-corrected chi connectivity index (χ4v) is 2.67. The van der Waals surface area contributed by atoms with Crippen LogP contribution in [0.4, 0.5) is 4.79 Å². The largest absolute Gasteiger partial charge is 0.445 e. The average Bonchev–Trinajstić information content (AvgIpc) is 2.59. The van der Waals surface area contributed by atoms with E-state index in [1.807, 2.05) is 54.6 Å². The molecule has 1 aliphatic rings. The molecule has 0 bridgehead atoms. The van der Waals surface area contributed by atoms with Crippen molar-refractivity contribution in [3.63, 3.8) is 0 Å². The van der Waals surface area contributed by atoms with Crippen molar-refractivity contribution in [3.05, 3.63) is 71.3 Å². The highest BCUT2D eigenvalue weighted by Crippen LogP contribution is 2.23. The highest BCUT2D eigenvalue weighted by atomic mass is 16.6. The molecule has 1 aliphatic heterocycles. The van der Waals surface area contributed by atoms with Crippen molar-refractivity contribution in [1.82, 2.24) is 4.90 Å². The first kappa shape index (κ1) is 14.3. The van der Waals surface area contributed by atoms with E-state index in [9.17, 15) is 9.59 Å². The molecule has 0 spiro atoms. The maximum Gasteiger partial charge on any atom is 0.411 e. The molecule has 1 atom stereocenters. The maximum absolute atomic E-state index is 12.3. The molecule has 22 heavy (non-hydrogen) atoms. The third kappa shape index (κ3) is 3.01. The van der Waals surface area contributed by atoms with Crippen molar-refractivity contribution in [2.75, 3.05) is 0 Å². The van der Waals surface area contributed by atoms with Crippen molar-refractivity contribution >= 4 is 12.4 Å². The van der Waals surface area contributed by atoms with E-state index >= 15 is 0 Å². The third-order valence-electron chi connectivity index (χ3n) is 3.89. The summed E-state index contributed by atoms with van der Waals surface area (Å²) in [6.45, 7) is 0.622. The van der Waals surface area contributed by atoms with Gasteiger partial charge in [0.15, 0.2) is 0 Å². The quantitative estimate of drug-likeness (QED) is 0.818. The fourth-order valence-electron chi connectivity index (χ4n) is 2.67. The number of fused-ring (bicyclic) bond motifs is 1. The van der Waals surface area contributed by atoms with Gasteiger partial charge in [-0.2, -0.15) is 0 Å². The zero-order valence-electron chi connectivity index (χ0n) is 12.1. The normalized spacial score (nSPS) is 16.7. The van der Waals surface area contributed by atoms with E-state index in [-0.39, 0.29) is 6.61 Å². The van der Waals surface area contributed by atoms with Crippen LogP contribution >= 0.6 is 0 Å². The van der Waals surface area contributed by atoms with Gasteiger partial charge in [0.25, 0.3) is 0 Å². The van der Waals surface area contributed by atoms with Crippen molar-refractivity contribution in [2.24, 2.45) is 0 Å². The molecule has 4 heteroatoms. The van der Waals surface area contributed by atoms with Gasteiger partial charge >= 0.3 is 6.09 Å². The number of hydrogen-bond donors (Lipinski definition) is 0. The summed E-state index contributed by atoms with van der Waals surface area (Å²) in [4.78, 5) is 25.1. The highest BCUT2D eigenvalue weighted by Gasteiger charge is 2.30. The molecular weight excluding hydrogens is 278 g/mol. The maximum atomic E-state index is 12.3. The minimum atomic E-state index is -0.460. The molecule has 1 unspecified atom stereocenters. The fraction of sp³-hybridized carbons (Fsp3) is 0.222. The molecule has 0 saturated carbocycles. The molecule has 4 nitrogen and oxygen atoms in total. The minimum absolute atomic E-state index is 0.212. The van der Waals surface area contributed by atoms with E-state index in [0.29, 0.717) is 13.0 Å². The predicted molar refractivity (Wildman–Crippen MR) is 82.2 cm³/mol. The minimum Gasteiger partial charge on any atom is -0.445 e. The summed E-state index contributed by atoms with van der Waals surface area (Å²) in [5.41, 5.74) is 3.11. The lowest BCUT2D eigenvalue weighted by atomic mass is 9.95. The Hall–Kier alpha value is -2.62. The second-order valence-corrected chi connectivity index (χ2v) is 5.34. The SMILES string of the molecule is O=CC1Cc2ccccc2CN1C(=O)OCc1ccccc1. The summed E-state index contributed by atoms with van der Waals surface area (Å²) in [5.74, 6) is 0. The topological polar surface area (TPSA) is 46.6 Å². The average molecular weight is 295 g/mol. The molecular formula is C18H17NO3. The lowest BCUT2D eigenvalue weighted by molar-refractivity contribution is -0.112. The molecule has 0 fully saturated rings. The van der Waals surface area contributed by atoms with E-state index in [1.54, 1.807) is 0 Å². The van der Waals surface area contributed by atoms with Gasteiger partial charge in [-0.15, -0.1) is 0 Å². The monoisotopic (exact) mass is 295 g/mol.